The van der Waals surface area contributed by atoms with Crippen molar-refractivity contribution in [1.82, 2.24) is 4.98 Å². The van der Waals surface area contributed by atoms with Crippen LogP contribution in [0.4, 0.5) is 5.69 Å². The smallest absolute Gasteiger partial charge is 0.0804 e. The third-order valence-electron chi connectivity index (χ3n) is 4.82. The molecule has 0 N–H and O–H groups in total. The number of hydrogen-bond donors (Lipinski definition) is 0. The maximum atomic E-state index is 9.12. The lowest BCUT2D eigenvalue weighted by atomic mass is 9.99. The van der Waals surface area contributed by atoms with Gasteiger partial charge in [0.25, 0.3) is 0 Å². The minimum atomic E-state index is -0.0149. The summed E-state index contributed by atoms with van der Waals surface area (Å²) in [6, 6.07) is 16.1. The van der Waals surface area contributed by atoms with Crippen molar-refractivity contribution in [3.05, 3.63) is 70.5 Å². The number of aromatic nitrogens is 1. The molecular formula is C22H17Cl2N3. The lowest BCUT2D eigenvalue weighted by Gasteiger charge is -2.27. The Hall–Kier alpha value is -2.54. The summed E-state index contributed by atoms with van der Waals surface area (Å²) in [6.45, 7) is 2.80. The molecule has 0 saturated heterocycles. The molecule has 2 heterocycles. The topological polar surface area (TPSA) is 39.9 Å². The number of pyridine rings is 1. The molecule has 5 heteroatoms. The van der Waals surface area contributed by atoms with Gasteiger partial charge in [0.15, 0.2) is 0 Å². The van der Waals surface area contributed by atoms with E-state index in [0.717, 1.165) is 46.4 Å². The largest absolute Gasteiger partial charge is 0.348 e. The SMILES string of the molecule is Cc1cc(N2C=CC(C#N)CC2)c2cccc(-c3ccc(Cl)cc3Cl)c2n1. The third kappa shape index (κ3) is 3.39. The molecule has 3 nitrogen and oxygen atoms in total. The number of aryl methyl sites for hydroxylation is 1. The number of anilines is 1. The van der Waals surface area contributed by atoms with Gasteiger partial charge in [-0.1, -0.05) is 53.5 Å². The summed E-state index contributed by atoms with van der Waals surface area (Å²) in [5.74, 6) is -0.0149. The third-order valence-corrected chi connectivity index (χ3v) is 5.37. The van der Waals surface area contributed by atoms with Gasteiger partial charge in [-0.2, -0.15) is 5.26 Å². The standard InChI is InChI=1S/C22H17Cl2N3/c1-14-11-21(27-9-7-15(13-25)8-10-27)19-4-2-3-18(22(19)26-14)17-6-5-16(23)12-20(17)24/h2-7,9,11-12,15H,8,10H2,1H3. The summed E-state index contributed by atoms with van der Waals surface area (Å²) in [4.78, 5) is 7.00. The molecule has 1 unspecified atom stereocenters. The van der Waals surface area contributed by atoms with Gasteiger partial charge in [-0.25, -0.2) is 0 Å². The number of nitrogens with zero attached hydrogens (tertiary/aromatic N) is 3. The van der Waals surface area contributed by atoms with Gasteiger partial charge in [0.2, 0.25) is 0 Å². The van der Waals surface area contributed by atoms with Crippen LogP contribution in [-0.4, -0.2) is 11.5 Å². The number of benzene rings is 2. The number of hydrogen-bond acceptors (Lipinski definition) is 3. The van der Waals surface area contributed by atoms with Crippen LogP contribution >= 0.6 is 23.2 Å². The number of halogens is 2. The van der Waals surface area contributed by atoms with Crippen molar-refractivity contribution >= 4 is 39.8 Å². The number of fused-ring (bicyclic) bond motifs is 1. The van der Waals surface area contributed by atoms with Crippen molar-refractivity contribution in [2.45, 2.75) is 13.3 Å². The van der Waals surface area contributed by atoms with Gasteiger partial charge in [0.1, 0.15) is 0 Å². The molecule has 0 aliphatic carbocycles. The quantitative estimate of drug-likeness (QED) is 0.506. The minimum Gasteiger partial charge on any atom is -0.348 e. The maximum Gasteiger partial charge on any atom is 0.0804 e. The van der Waals surface area contributed by atoms with E-state index in [1.54, 1.807) is 6.07 Å². The van der Waals surface area contributed by atoms with E-state index in [9.17, 15) is 0 Å². The van der Waals surface area contributed by atoms with Gasteiger partial charge in [0, 0.05) is 45.0 Å². The van der Waals surface area contributed by atoms with E-state index in [4.69, 9.17) is 33.4 Å². The normalized spacial score (nSPS) is 16.5. The Morgan fingerprint density at radius 1 is 1.15 bits per heavy atom. The number of nitriles is 1. The second kappa shape index (κ2) is 7.23. The van der Waals surface area contributed by atoms with E-state index in [-0.39, 0.29) is 5.92 Å². The van der Waals surface area contributed by atoms with Gasteiger partial charge in [-0.15, -0.1) is 0 Å². The highest BCUT2D eigenvalue weighted by Crippen LogP contribution is 2.38. The van der Waals surface area contributed by atoms with Gasteiger partial charge in [-0.05, 0) is 31.5 Å². The average molecular weight is 394 g/mol. The van der Waals surface area contributed by atoms with Gasteiger partial charge < -0.3 is 4.90 Å². The monoisotopic (exact) mass is 393 g/mol. The second-order valence-corrected chi connectivity index (χ2v) is 7.51. The predicted molar refractivity (Wildman–Crippen MR) is 112 cm³/mol. The Bertz CT molecular complexity index is 1100. The second-order valence-electron chi connectivity index (χ2n) is 6.67. The van der Waals surface area contributed by atoms with Crippen LogP contribution in [0.5, 0.6) is 0 Å². The summed E-state index contributed by atoms with van der Waals surface area (Å²) in [5, 5.41) is 11.4. The molecule has 1 atom stereocenters. The summed E-state index contributed by atoms with van der Waals surface area (Å²) in [5.41, 5.74) is 4.83. The van der Waals surface area contributed by atoms with E-state index < -0.39 is 0 Å². The van der Waals surface area contributed by atoms with E-state index >= 15 is 0 Å². The highest BCUT2D eigenvalue weighted by Gasteiger charge is 2.18. The van der Waals surface area contributed by atoms with Crippen LogP contribution in [0.1, 0.15) is 12.1 Å². The number of allylic oxidation sites excluding steroid dienone is 1. The maximum absolute atomic E-state index is 9.12. The zero-order chi connectivity index (χ0) is 19.0. The van der Waals surface area contributed by atoms with E-state index in [1.165, 1.54) is 0 Å². The van der Waals surface area contributed by atoms with Crippen LogP contribution in [-0.2, 0) is 0 Å². The number of para-hydroxylation sites is 1. The average Bonchev–Trinajstić information content (AvgIpc) is 2.67. The van der Waals surface area contributed by atoms with Crippen LogP contribution < -0.4 is 4.90 Å². The van der Waals surface area contributed by atoms with Crippen LogP contribution in [0.3, 0.4) is 0 Å². The van der Waals surface area contributed by atoms with Crippen LogP contribution in [0, 0.1) is 24.2 Å². The molecule has 1 aromatic heterocycles. The molecule has 27 heavy (non-hydrogen) atoms. The Morgan fingerprint density at radius 2 is 2.00 bits per heavy atom. The highest BCUT2D eigenvalue weighted by molar-refractivity contribution is 6.36. The molecule has 4 rings (SSSR count). The molecule has 2 aromatic carbocycles. The fourth-order valence-electron chi connectivity index (χ4n) is 3.48. The summed E-state index contributed by atoms with van der Waals surface area (Å²) >= 11 is 12.5. The highest BCUT2D eigenvalue weighted by atomic mass is 35.5. The van der Waals surface area contributed by atoms with Gasteiger partial charge >= 0.3 is 0 Å². The summed E-state index contributed by atoms with van der Waals surface area (Å²) in [7, 11) is 0. The first-order valence-electron chi connectivity index (χ1n) is 8.77. The zero-order valence-electron chi connectivity index (χ0n) is 14.8. The van der Waals surface area contributed by atoms with Gasteiger partial charge in [-0.3, -0.25) is 4.98 Å². The Balaban J connectivity index is 1.90. The van der Waals surface area contributed by atoms with E-state index in [1.807, 2.05) is 43.5 Å². The lowest BCUT2D eigenvalue weighted by molar-refractivity contribution is 0.685. The van der Waals surface area contributed by atoms with E-state index in [2.05, 4.69) is 23.1 Å². The first kappa shape index (κ1) is 17.9. The molecule has 0 spiro atoms. The minimum absolute atomic E-state index is 0.0149. The Kier molecular flexibility index (Phi) is 4.78. The van der Waals surface area contributed by atoms with Crippen molar-refractivity contribution in [1.29, 1.82) is 5.26 Å². The van der Waals surface area contributed by atoms with E-state index in [0.29, 0.717) is 10.0 Å². The van der Waals surface area contributed by atoms with Crippen molar-refractivity contribution in [3.63, 3.8) is 0 Å². The van der Waals surface area contributed by atoms with Crippen molar-refractivity contribution in [2.24, 2.45) is 5.92 Å². The first-order chi connectivity index (χ1) is 13.1. The molecular weight excluding hydrogens is 377 g/mol. The molecule has 0 amide bonds. The predicted octanol–water partition coefficient (Wildman–Crippen LogP) is 6.38. The molecule has 0 saturated carbocycles. The number of rotatable bonds is 2. The van der Waals surface area contributed by atoms with Gasteiger partial charge in [0.05, 0.1) is 23.2 Å². The lowest BCUT2D eigenvalue weighted by Crippen LogP contribution is -2.24. The molecule has 3 aromatic rings. The Morgan fingerprint density at radius 3 is 2.70 bits per heavy atom. The fraction of sp³-hybridized carbons (Fsp3) is 0.182. The summed E-state index contributed by atoms with van der Waals surface area (Å²) in [6.07, 6.45) is 4.79. The van der Waals surface area contributed by atoms with Crippen molar-refractivity contribution in [2.75, 3.05) is 11.4 Å². The van der Waals surface area contributed by atoms with Crippen LogP contribution in [0.25, 0.3) is 22.0 Å². The Labute approximate surface area is 168 Å². The fourth-order valence-corrected chi connectivity index (χ4v) is 3.99. The van der Waals surface area contributed by atoms with Crippen molar-refractivity contribution < 1.29 is 0 Å². The van der Waals surface area contributed by atoms with Crippen molar-refractivity contribution in [3.8, 4) is 17.2 Å². The summed E-state index contributed by atoms with van der Waals surface area (Å²) < 4.78 is 0. The molecule has 0 radical (unpaired) electrons. The zero-order valence-corrected chi connectivity index (χ0v) is 16.3. The van der Waals surface area contributed by atoms with Crippen LogP contribution in [0.15, 0.2) is 54.7 Å². The van der Waals surface area contributed by atoms with Crippen LogP contribution in [0.2, 0.25) is 10.0 Å². The first-order valence-corrected chi connectivity index (χ1v) is 9.53. The molecule has 1 aliphatic heterocycles. The molecule has 134 valence electrons. The molecule has 1 aliphatic rings. The molecule has 0 bridgehead atoms. The molecule has 0 fully saturated rings.